The van der Waals surface area contributed by atoms with E-state index in [4.69, 9.17) is 5.73 Å². The second kappa shape index (κ2) is 7.63. The second-order valence-electron chi connectivity index (χ2n) is 4.92. The minimum atomic E-state index is -2.46. The molecule has 18 heavy (non-hydrogen) atoms. The predicted octanol–water partition coefficient (Wildman–Crippen LogP) is 1.44. The molecular weight excluding hydrogens is 242 g/mol. The number of nitrogens with one attached hydrogen (secondary N) is 1. The van der Waals surface area contributed by atoms with Crippen molar-refractivity contribution in [3.63, 3.8) is 0 Å². The average molecular weight is 264 g/mol. The number of alkyl halides is 2. The number of ether oxygens (including phenoxy) is 1. The number of rotatable bonds is 7. The largest absolute Gasteiger partial charge is 0.374 e. The number of nitrogens with two attached hydrogens (primary N) is 1. The van der Waals surface area contributed by atoms with E-state index < -0.39 is 13.0 Å². The Kier molecular flexibility index (Phi) is 6.49. The second-order valence-corrected chi connectivity index (χ2v) is 4.92. The SMILES string of the molecule is NC1(CC(=O)NCCOCC(F)F)CCCCC1. The van der Waals surface area contributed by atoms with Crippen LogP contribution in [0.15, 0.2) is 0 Å². The number of amides is 1. The van der Waals surface area contributed by atoms with Gasteiger partial charge in [-0.25, -0.2) is 8.78 Å². The number of carbonyl (C=O) groups excluding carboxylic acids is 1. The highest BCUT2D eigenvalue weighted by Gasteiger charge is 2.29. The maximum atomic E-state index is 11.8. The Hall–Kier alpha value is -0.750. The van der Waals surface area contributed by atoms with E-state index in [2.05, 4.69) is 10.1 Å². The molecule has 0 heterocycles. The molecule has 1 saturated carbocycles. The lowest BCUT2D eigenvalue weighted by molar-refractivity contribution is -0.122. The summed E-state index contributed by atoms with van der Waals surface area (Å²) in [6, 6.07) is 0. The van der Waals surface area contributed by atoms with Crippen molar-refractivity contribution in [1.82, 2.24) is 5.32 Å². The first-order valence-corrected chi connectivity index (χ1v) is 6.43. The van der Waals surface area contributed by atoms with E-state index in [1.807, 2.05) is 0 Å². The van der Waals surface area contributed by atoms with E-state index in [1.165, 1.54) is 6.42 Å². The molecule has 0 unspecified atom stereocenters. The van der Waals surface area contributed by atoms with Crippen molar-refractivity contribution in [2.24, 2.45) is 5.73 Å². The summed E-state index contributed by atoms with van der Waals surface area (Å²) in [5, 5.41) is 2.64. The number of halogens is 2. The normalized spacial score (nSPS) is 18.9. The van der Waals surface area contributed by atoms with Crippen molar-refractivity contribution in [2.75, 3.05) is 19.8 Å². The van der Waals surface area contributed by atoms with Crippen LogP contribution in [-0.4, -0.2) is 37.6 Å². The third-order valence-electron chi connectivity index (χ3n) is 3.17. The lowest BCUT2D eigenvalue weighted by atomic mass is 9.80. The fourth-order valence-corrected chi connectivity index (χ4v) is 2.25. The molecule has 0 aromatic rings. The van der Waals surface area contributed by atoms with Gasteiger partial charge in [0.05, 0.1) is 6.61 Å². The molecule has 0 aliphatic heterocycles. The standard InChI is InChI=1S/C12H22F2N2O2/c13-10(14)9-18-7-6-16-11(17)8-12(15)4-2-1-3-5-12/h10H,1-9,15H2,(H,16,17). The van der Waals surface area contributed by atoms with Crippen LogP contribution in [0, 0.1) is 0 Å². The molecule has 4 nitrogen and oxygen atoms in total. The molecule has 6 heteroatoms. The van der Waals surface area contributed by atoms with Crippen LogP contribution in [0.3, 0.4) is 0 Å². The van der Waals surface area contributed by atoms with Gasteiger partial charge in [0.2, 0.25) is 5.91 Å². The van der Waals surface area contributed by atoms with Crippen molar-refractivity contribution >= 4 is 5.91 Å². The Bertz CT molecular complexity index is 256. The molecule has 0 bridgehead atoms. The first-order chi connectivity index (χ1) is 8.52. The van der Waals surface area contributed by atoms with Crippen LogP contribution in [0.4, 0.5) is 8.78 Å². The Labute approximate surface area is 106 Å². The summed E-state index contributed by atoms with van der Waals surface area (Å²) in [5.74, 6) is -0.125. The quantitative estimate of drug-likeness (QED) is 0.684. The number of hydrogen-bond donors (Lipinski definition) is 2. The summed E-state index contributed by atoms with van der Waals surface area (Å²) in [5.41, 5.74) is 5.76. The maximum absolute atomic E-state index is 11.8. The molecule has 1 fully saturated rings. The molecule has 0 atom stereocenters. The fraction of sp³-hybridized carbons (Fsp3) is 0.917. The Morgan fingerprint density at radius 2 is 2.00 bits per heavy atom. The van der Waals surface area contributed by atoms with Gasteiger partial charge >= 0.3 is 0 Å². The lowest BCUT2D eigenvalue weighted by Crippen LogP contribution is -2.46. The molecule has 0 aromatic carbocycles. The van der Waals surface area contributed by atoms with Crippen molar-refractivity contribution in [2.45, 2.75) is 50.5 Å². The van der Waals surface area contributed by atoms with Gasteiger partial charge in [-0.3, -0.25) is 4.79 Å². The minimum Gasteiger partial charge on any atom is -0.374 e. The Balaban J connectivity index is 2.09. The molecule has 1 aliphatic rings. The predicted molar refractivity (Wildman–Crippen MR) is 64.5 cm³/mol. The van der Waals surface area contributed by atoms with E-state index in [1.54, 1.807) is 0 Å². The van der Waals surface area contributed by atoms with E-state index in [9.17, 15) is 13.6 Å². The summed E-state index contributed by atoms with van der Waals surface area (Å²) >= 11 is 0. The van der Waals surface area contributed by atoms with E-state index in [0.29, 0.717) is 6.42 Å². The summed E-state index contributed by atoms with van der Waals surface area (Å²) in [6.07, 6.45) is 2.92. The van der Waals surface area contributed by atoms with E-state index in [-0.39, 0.29) is 24.6 Å². The van der Waals surface area contributed by atoms with E-state index >= 15 is 0 Å². The summed E-state index contributed by atoms with van der Waals surface area (Å²) in [4.78, 5) is 11.6. The molecule has 1 aliphatic carbocycles. The first-order valence-electron chi connectivity index (χ1n) is 6.43. The number of hydrogen-bond acceptors (Lipinski definition) is 3. The van der Waals surface area contributed by atoms with Gasteiger partial charge in [-0.05, 0) is 12.8 Å². The molecule has 0 saturated heterocycles. The minimum absolute atomic E-state index is 0.105. The van der Waals surface area contributed by atoms with Crippen molar-refractivity contribution < 1.29 is 18.3 Å². The molecule has 1 amide bonds. The van der Waals surface area contributed by atoms with Crippen LogP contribution in [0.2, 0.25) is 0 Å². The third-order valence-corrected chi connectivity index (χ3v) is 3.17. The molecule has 0 aromatic heterocycles. The summed E-state index contributed by atoms with van der Waals surface area (Å²) in [6.45, 7) is -0.230. The lowest BCUT2D eigenvalue weighted by Gasteiger charge is -2.32. The van der Waals surface area contributed by atoms with Crippen LogP contribution < -0.4 is 11.1 Å². The molecule has 0 spiro atoms. The zero-order chi connectivity index (χ0) is 13.4. The monoisotopic (exact) mass is 264 g/mol. The zero-order valence-corrected chi connectivity index (χ0v) is 10.6. The zero-order valence-electron chi connectivity index (χ0n) is 10.6. The van der Waals surface area contributed by atoms with Crippen molar-refractivity contribution in [1.29, 1.82) is 0 Å². The van der Waals surface area contributed by atoms with Gasteiger partial charge in [-0.15, -0.1) is 0 Å². The fourth-order valence-electron chi connectivity index (χ4n) is 2.25. The number of carbonyl (C=O) groups is 1. The van der Waals surface area contributed by atoms with Gasteiger partial charge in [-0.2, -0.15) is 0 Å². The topological polar surface area (TPSA) is 64.4 Å². The van der Waals surface area contributed by atoms with Gasteiger partial charge < -0.3 is 15.8 Å². The molecule has 1 rings (SSSR count). The Morgan fingerprint density at radius 3 is 2.61 bits per heavy atom. The summed E-state index contributed by atoms with van der Waals surface area (Å²) in [7, 11) is 0. The van der Waals surface area contributed by atoms with Crippen LogP contribution in [0.1, 0.15) is 38.5 Å². The van der Waals surface area contributed by atoms with Crippen LogP contribution in [0.25, 0.3) is 0 Å². The van der Waals surface area contributed by atoms with Gasteiger partial charge in [0.25, 0.3) is 6.43 Å². The maximum Gasteiger partial charge on any atom is 0.261 e. The van der Waals surface area contributed by atoms with Crippen molar-refractivity contribution in [3.05, 3.63) is 0 Å². The van der Waals surface area contributed by atoms with Gasteiger partial charge in [0.1, 0.15) is 6.61 Å². The molecule has 0 radical (unpaired) electrons. The highest BCUT2D eigenvalue weighted by atomic mass is 19.3. The smallest absolute Gasteiger partial charge is 0.261 e. The van der Waals surface area contributed by atoms with Gasteiger partial charge in [-0.1, -0.05) is 19.3 Å². The first kappa shape index (κ1) is 15.3. The summed E-state index contributed by atoms with van der Waals surface area (Å²) < 4.78 is 28.2. The Morgan fingerprint density at radius 1 is 1.33 bits per heavy atom. The van der Waals surface area contributed by atoms with Crippen LogP contribution in [0.5, 0.6) is 0 Å². The molecule has 106 valence electrons. The van der Waals surface area contributed by atoms with E-state index in [0.717, 1.165) is 25.7 Å². The highest BCUT2D eigenvalue weighted by molar-refractivity contribution is 5.77. The average Bonchev–Trinajstić information content (AvgIpc) is 2.28. The van der Waals surface area contributed by atoms with Gasteiger partial charge in [0, 0.05) is 18.5 Å². The van der Waals surface area contributed by atoms with Crippen molar-refractivity contribution in [3.8, 4) is 0 Å². The molecular formula is C12H22F2N2O2. The van der Waals surface area contributed by atoms with Crippen LogP contribution >= 0.6 is 0 Å². The van der Waals surface area contributed by atoms with Crippen LogP contribution in [-0.2, 0) is 9.53 Å². The van der Waals surface area contributed by atoms with Gasteiger partial charge in [0.15, 0.2) is 0 Å². The third kappa shape index (κ3) is 6.26. The molecule has 3 N–H and O–H groups in total. The highest BCUT2D eigenvalue weighted by Crippen LogP contribution is 2.28.